The SMILES string of the molecule is CC1(C)c2cc(Br)ccc2Nc2c1ccc1c2oc2ccccc21. The summed E-state index contributed by atoms with van der Waals surface area (Å²) in [6, 6.07) is 19.0. The van der Waals surface area contributed by atoms with E-state index in [1.54, 1.807) is 0 Å². The molecule has 0 radical (unpaired) electrons. The van der Waals surface area contributed by atoms with Crippen molar-refractivity contribution in [3.05, 3.63) is 70.2 Å². The lowest BCUT2D eigenvalue weighted by Crippen LogP contribution is -2.26. The molecule has 24 heavy (non-hydrogen) atoms. The molecule has 0 aliphatic carbocycles. The molecule has 1 aliphatic rings. The van der Waals surface area contributed by atoms with Crippen LogP contribution in [0.5, 0.6) is 0 Å². The van der Waals surface area contributed by atoms with Gasteiger partial charge in [-0.3, -0.25) is 0 Å². The fourth-order valence-electron chi connectivity index (χ4n) is 3.86. The van der Waals surface area contributed by atoms with Gasteiger partial charge in [0.1, 0.15) is 5.58 Å². The molecule has 0 unspecified atom stereocenters. The third-order valence-electron chi connectivity index (χ3n) is 5.13. The molecule has 0 saturated carbocycles. The molecule has 0 atom stereocenters. The topological polar surface area (TPSA) is 25.2 Å². The van der Waals surface area contributed by atoms with Crippen LogP contribution in [-0.2, 0) is 5.41 Å². The average molecular weight is 378 g/mol. The van der Waals surface area contributed by atoms with E-state index in [4.69, 9.17) is 4.42 Å². The van der Waals surface area contributed by atoms with E-state index in [9.17, 15) is 0 Å². The van der Waals surface area contributed by atoms with E-state index in [1.807, 2.05) is 12.1 Å². The Morgan fingerprint density at radius 3 is 2.62 bits per heavy atom. The van der Waals surface area contributed by atoms with Crippen LogP contribution >= 0.6 is 15.9 Å². The van der Waals surface area contributed by atoms with Crippen molar-refractivity contribution < 1.29 is 4.42 Å². The molecular formula is C21H16BrNO. The zero-order valence-corrected chi connectivity index (χ0v) is 15.1. The van der Waals surface area contributed by atoms with Crippen LogP contribution in [0.1, 0.15) is 25.0 Å². The predicted molar refractivity (Wildman–Crippen MR) is 103 cm³/mol. The molecule has 0 bridgehead atoms. The first-order valence-corrected chi connectivity index (χ1v) is 8.87. The first-order chi connectivity index (χ1) is 11.6. The van der Waals surface area contributed by atoms with Gasteiger partial charge in [-0.1, -0.05) is 60.1 Å². The lowest BCUT2D eigenvalue weighted by molar-refractivity contribution is 0.630. The monoisotopic (exact) mass is 377 g/mol. The third-order valence-corrected chi connectivity index (χ3v) is 5.63. The second-order valence-electron chi connectivity index (χ2n) is 6.90. The van der Waals surface area contributed by atoms with Gasteiger partial charge in [0, 0.05) is 26.3 Å². The Kier molecular flexibility index (Phi) is 2.73. The number of halogens is 1. The zero-order chi connectivity index (χ0) is 16.5. The third kappa shape index (κ3) is 1.76. The molecule has 5 rings (SSSR count). The van der Waals surface area contributed by atoms with Crippen LogP contribution < -0.4 is 5.32 Å². The van der Waals surface area contributed by atoms with E-state index < -0.39 is 0 Å². The number of benzene rings is 3. The molecule has 1 aromatic heterocycles. The normalized spacial score (nSPS) is 15.1. The summed E-state index contributed by atoms with van der Waals surface area (Å²) in [4.78, 5) is 0. The highest BCUT2D eigenvalue weighted by Crippen LogP contribution is 2.49. The van der Waals surface area contributed by atoms with Gasteiger partial charge >= 0.3 is 0 Å². The van der Waals surface area contributed by atoms with Crippen LogP contribution in [0, 0.1) is 0 Å². The van der Waals surface area contributed by atoms with E-state index in [0.717, 1.165) is 37.8 Å². The molecule has 118 valence electrons. The summed E-state index contributed by atoms with van der Waals surface area (Å²) in [6.07, 6.45) is 0. The summed E-state index contributed by atoms with van der Waals surface area (Å²) in [6.45, 7) is 4.54. The fraction of sp³-hybridized carbons (Fsp3) is 0.143. The Labute approximate surface area is 148 Å². The predicted octanol–water partition coefficient (Wildman–Crippen LogP) is 6.73. The molecule has 4 aromatic rings. The summed E-state index contributed by atoms with van der Waals surface area (Å²) in [5.74, 6) is 0. The number of anilines is 2. The second kappa shape index (κ2) is 4.64. The van der Waals surface area contributed by atoms with Crippen molar-refractivity contribution in [2.45, 2.75) is 19.3 Å². The number of rotatable bonds is 0. The highest BCUT2D eigenvalue weighted by molar-refractivity contribution is 9.10. The molecule has 1 N–H and O–H groups in total. The lowest BCUT2D eigenvalue weighted by atomic mass is 9.74. The van der Waals surface area contributed by atoms with Gasteiger partial charge in [0.05, 0.1) is 5.69 Å². The number of nitrogens with one attached hydrogen (secondary N) is 1. The quantitative estimate of drug-likeness (QED) is 0.367. The number of hydrogen-bond acceptors (Lipinski definition) is 2. The summed E-state index contributed by atoms with van der Waals surface area (Å²) >= 11 is 3.60. The molecule has 0 saturated heterocycles. The standard InChI is InChI=1S/C21H16BrNO/c1-21(2)15-9-8-14-13-5-3-4-6-18(13)24-20(14)19(15)23-17-10-7-12(22)11-16(17)21/h3-11,23H,1-2H3. The molecule has 0 spiro atoms. The maximum Gasteiger partial charge on any atom is 0.159 e. The smallest absolute Gasteiger partial charge is 0.159 e. The van der Waals surface area contributed by atoms with Gasteiger partial charge in [0.25, 0.3) is 0 Å². The zero-order valence-electron chi connectivity index (χ0n) is 13.5. The summed E-state index contributed by atoms with van der Waals surface area (Å²) in [5.41, 5.74) is 6.57. The Balaban J connectivity index is 1.87. The van der Waals surface area contributed by atoms with Crippen LogP contribution in [0.25, 0.3) is 21.9 Å². The van der Waals surface area contributed by atoms with Crippen LogP contribution in [0.15, 0.2) is 63.5 Å². The largest absolute Gasteiger partial charge is 0.454 e. The summed E-state index contributed by atoms with van der Waals surface area (Å²) in [7, 11) is 0. The molecule has 0 fully saturated rings. The van der Waals surface area contributed by atoms with Gasteiger partial charge in [-0.25, -0.2) is 0 Å². The highest BCUT2D eigenvalue weighted by Gasteiger charge is 2.34. The highest BCUT2D eigenvalue weighted by atomic mass is 79.9. The number of hydrogen-bond donors (Lipinski definition) is 1. The maximum absolute atomic E-state index is 6.21. The first kappa shape index (κ1) is 14.1. The Hall–Kier alpha value is -2.26. The van der Waals surface area contributed by atoms with Crippen LogP contribution in [0.2, 0.25) is 0 Å². The van der Waals surface area contributed by atoms with E-state index in [2.05, 4.69) is 77.6 Å². The summed E-state index contributed by atoms with van der Waals surface area (Å²) < 4.78 is 7.31. The molecule has 0 amide bonds. The first-order valence-electron chi connectivity index (χ1n) is 8.07. The second-order valence-corrected chi connectivity index (χ2v) is 7.82. The van der Waals surface area contributed by atoms with Crippen molar-refractivity contribution >= 4 is 49.2 Å². The molecule has 3 heteroatoms. The number of para-hydroxylation sites is 1. The summed E-state index contributed by atoms with van der Waals surface area (Å²) in [5, 5.41) is 5.94. The lowest BCUT2D eigenvalue weighted by Gasteiger charge is -2.35. The Morgan fingerprint density at radius 2 is 1.75 bits per heavy atom. The van der Waals surface area contributed by atoms with Crippen molar-refractivity contribution in [2.75, 3.05) is 5.32 Å². The minimum Gasteiger partial charge on any atom is -0.454 e. The Morgan fingerprint density at radius 1 is 0.917 bits per heavy atom. The van der Waals surface area contributed by atoms with E-state index in [1.165, 1.54) is 11.1 Å². The van der Waals surface area contributed by atoms with Crippen LogP contribution in [0.4, 0.5) is 11.4 Å². The Bertz CT molecular complexity index is 1120. The van der Waals surface area contributed by atoms with Crippen molar-refractivity contribution in [3.63, 3.8) is 0 Å². The minimum atomic E-state index is -0.0904. The van der Waals surface area contributed by atoms with Crippen LogP contribution in [0.3, 0.4) is 0 Å². The van der Waals surface area contributed by atoms with Crippen molar-refractivity contribution in [1.82, 2.24) is 0 Å². The van der Waals surface area contributed by atoms with Gasteiger partial charge in [-0.2, -0.15) is 0 Å². The average Bonchev–Trinajstić information content (AvgIpc) is 2.95. The molecule has 1 aliphatic heterocycles. The maximum atomic E-state index is 6.21. The van der Waals surface area contributed by atoms with Crippen molar-refractivity contribution in [1.29, 1.82) is 0 Å². The number of fused-ring (bicyclic) bond motifs is 6. The fourth-order valence-corrected chi connectivity index (χ4v) is 4.22. The number of furan rings is 1. The minimum absolute atomic E-state index is 0.0904. The van der Waals surface area contributed by atoms with Crippen molar-refractivity contribution in [2.24, 2.45) is 0 Å². The van der Waals surface area contributed by atoms with Crippen molar-refractivity contribution in [3.8, 4) is 0 Å². The molecule has 2 nitrogen and oxygen atoms in total. The van der Waals surface area contributed by atoms with Gasteiger partial charge in [0.2, 0.25) is 0 Å². The molecular weight excluding hydrogens is 362 g/mol. The van der Waals surface area contributed by atoms with Gasteiger partial charge < -0.3 is 9.73 Å². The van der Waals surface area contributed by atoms with E-state index in [-0.39, 0.29) is 5.41 Å². The molecule has 2 heterocycles. The van der Waals surface area contributed by atoms with Gasteiger partial charge in [0.15, 0.2) is 5.58 Å². The van der Waals surface area contributed by atoms with Gasteiger partial charge in [-0.05, 0) is 35.4 Å². The van der Waals surface area contributed by atoms with E-state index in [0.29, 0.717) is 0 Å². The van der Waals surface area contributed by atoms with E-state index >= 15 is 0 Å². The van der Waals surface area contributed by atoms with Gasteiger partial charge in [-0.15, -0.1) is 0 Å². The van der Waals surface area contributed by atoms with Crippen LogP contribution in [-0.4, -0.2) is 0 Å². The molecule has 3 aromatic carbocycles.